The van der Waals surface area contributed by atoms with Crippen LogP contribution in [0.15, 0.2) is 54.1 Å². The topological polar surface area (TPSA) is 0 Å². The Morgan fingerprint density at radius 1 is 0.944 bits per heavy atom. The van der Waals surface area contributed by atoms with E-state index in [0.717, 1.165) is 12.8 Å². The van der Waals surface area contributed by atoms with E-state index in [1.54, 1.807) is 5.57 Å². The molecule has 2 aromatic rings. The van der Waals surface area contributed by atoms with Crippen LogP contribution in [0.1, 0.15) is 31.4 Å². The Kier molecular flexibility index (Phi) is 2.79. The van der Waals surface area contributed by atoms with Gasteiger partial charge in [0.2, 0.25) is 0 Å². The summed E-state index contributed by atoms with van der Waals surface area (Å²) in [5, 5.41) is 0. The van der Waals surface area contributed by atoms with Crippen molar-refractivity contribution in [3.63, 3.8) is 0 Å². The molecule has 0 saturated heterocycles. The van der Waals surface area contributed by atoms with Crippen molar-refractivity contribution in [2.75, 3.05) is 0 Å². The summed E-state index contributed by atoms with van der Waals surface area (Å²) in [4.78, 5) is 0. The number of rotatable bonds is 2. The fourth-order valence-electron chi connectivity index (χ4n) is 3.05. The lowest BCUT2D eigenvalue weighted by Crippen LogP contribution is -1.89. The summed E-state index contributed by atoms with van der Waals surface area (Å²) < 4.78 is 0. The first-order valence-electron chi connectivity index (χ1n) is 6.67. The van der Waals surface area contributed by atoms with Gasteiger partial charge in [0.15, 0.2) is 0 Å². The maximum Gasteiger partial charge on any atom is -0.00576 e. The molecule has 0 heterocycles. The fourth-order valence-corrected chi connectivity index (χ4v) is 3.05. The molecule has 0 radical (unpaired) electrons. The molecule has 0 heteroatoms. The van der Waals surface area contributed by atoms with Crippen molar-refractivity contribution in [2.24, 2.45) is 0 Å². The second kappa shape index (κ2) is 4.45. The smallest absolute Gasteiger partial charge is 0.00576 e. The lowest BCUT2D eigenvalue weighted by atomic mass is 9.93. The molecule has 0 aromatic heterocycles. The molecule has 1 aliphatic rings. The number of hydrogen-bond donors (Lipinski definition) is 0. The molecular weight excluding hydrogens is 216 g/mol. The van der Waals surface area contributed by atoms with Crippen LogP contribution in [-0.2, 0) is 6.42 Å². The van der Waals surface area contributed by atoms with Crippen LogP contribution in [-0.4, -0.2) is 0 Å². The van der Waals surface area contributed by atoms with Crippen molar-refractivity contribution in [3.8, 4) is 11.1 Å². The zero-order chi connectivity index (χ0) is 12.5. The average molecular weight is 234 g/mol. The zero-order valence-corrected chi connectivity index (χ0v) is 11.0. The van der Waals surface area contributed by atoms with E-state index in [9.17, 15) is 0 Å². The molecule has 3 rings (SSSR count). The first-order chi connectivity index (χ1) is 8.81. The van der Waals surface area contributed by atoms with Gasteiger partial charge in [0.1, 0.15) is 0 Å². The third-order valence-corrected chi connectivity index (χ3v) is 3.86. The van der Waals surface area contributed by atoms with Crippen molar-refractivity contribution < 1.29 is 0 Å². The molecule has 0 amide bonds. The molecule has 90 valence electrons. The minimum Gasteiger partial charge on any atom is -0.0651 e. The first kappa shape index (κ1) is 11.3. The Balaban J connectivity index is 2.23. The van der Waals surface area contributed by atoms with Crippen LogP contribution in [0.25, 0.3) is 16.7 Å². The highest BCUT2D eigenvalue weighted by Crippen LogP contribution is 2.40. The van der Waals surface area contributed by atoms with E-state index in [4.69, 9.17) is 0 Å². The zero-order valence-electron chi connectivity index (χ0n) is 11.0. The van der Waals surface area contributed by atoms with Crippen molar-refractivity contribution >= 4 is 5.57 Å². The molecule has 0 bridgehead atoms. The van der Waals surface area contributed by atoms with Crippen LogP contribution in [0.2, 0.25) is 0 Å². The summed E-state index contributed by atoms with van der Waals surface area (Å²) in [5.41, 5.74) is 8.78. The van der Waals surface area contributed by atoms with Crippen LogP contribution in [0.3, 0.4) is 0 Å². The lowest BCUT2D eigenvalue weighted by molar-refractivity contribution is 1.17. The van der Waals surface area contributed by atoms with E-state index in [1.807, 2.05) is 0 Å². The van der Waals surface area contributed by atoms with Gasteiger partial charge in [-0.1, -0.05) is 61.0 Å². The average Bonchev–Trinajstić information content (AvgIpc) is 2.74. The van der Waals surface area contributed by atoms with Gasteiger partial charge in [0.05, 0.1) is 0 Å². The minimum atomic E-state index is 1.12. The predicted octanol–water partition coefficient (Wildman–Crippen LogP) is 5.09. The van der Waals surface area contributed by atoms with Crippen molar-refractivity contribution in [2.45, 2.75) is 26.7 Å². The molecule has 0 fully saturated rings. The molecular formula is C18H18. The molecule has 0 saturated carbocycles. The minimum absolute atomic E-state index is 1.12. The third-order valence-electron chi connectivity index (χ3n) is 3.86. The summed E-state index contributed by atoms with van der Waals surface area (Å²) >= 11 is 0. The number of allylic oxidation sites excluding steroid dienone is 2. The molecule has 0 unspecified atom stereocenters. The summed E-state index contributed by atoms with van der Waals surface area (Å²) in [6.45, 7) is 4.53. The Bertz CT molecular complexity index is 603. The lowest BCUT2D eigenvalue weighted by Gasteiger charge is -2.11. The third kappa shape index (κ3) is 1.69. The molecule has 0 nitrogen and oxygen atoms in total. The Hall–Kier alpha value is -1.82. The van der Waals surface area contributed by atoms with Crippen LogP contribution >= 0.6 is 0 Å². The first-order valence-corrected chi connectivity index (χ1v) is 6.67. The highest BCUT2D eigenvalue weighted by Gasteiger charge is 2.20. The van der Waals surface area contributed by atoms with Gasteiger partial charge < -0.3 is 0 Å². The van der Waals surface area contributed by atoms with Gasteiger partial charge >= 0.3 is 0 Å². The van der Waals surface area contributed by atoms with Gasteiger partial charge in [-0.3, -0.25) is 0 Å². The van der Waals surface area contributed by atoms with Crippen molar-refractivity contribution in [1.29, 1.82) is 0 Å². The number of hydrogen-bond acceptors (Lipinski definition) is 0. The van der Waals surface area contributed by atoms with Crippen LogP contribution in [0, 0.1) is 0 Å². The number of fused-ring (bicyclic) bond motifs is 1. The Morgan fingerprint density at radius 3 is 2.44 bits per heavy atom. The maximum absolute atomic E-state index is 2.27. The van der Waals surface area contributed by atoms with Crippen molar-refractivity contribution in [3.05, 3.63) is 65.2 Å². The molecule has 2 aromatic carbocycles. The maximum atomic E-state index is 2.27. The van der Waals surface area contributed by atoms with Gasteiger partial charge in [-0.25, -0.2) is 0 Å². The quantitative estimate of drug-likeness (QED) is 0.678. The van der Waals surface area contributed by atoms with Gasteiger partial charge in [-0.15, -0.1) is 0 Å². The van der Waals surface area contributed by atoms with Gasteiger partial charge in [0, 0.05) is 0 Å². The Morgan fingerprint density at radius 2 is 1.72 bits per heavy atom. The van der Waals surface area contributed by atoms with E-state index >= 15 is 0 Å². The number of benzene rings is 2. The Labute approximate surface area is 109 Å². The highest BCUT2D eigenvalue weighted by molar-refractivity contribution is 5.87. The standard InChI is InChI=1S/C18H18/c1-3-16-13(2)12-15-10-7-11-17(18(15)16)14-8-5-4-6-9-14/h4-11H,3,12H2,1-2H3. The monoisotopic (exact) mass is 234 g/mol. The molecule has 1 aliphatic carbocycles. The molecule has 0 atom stereocenters. The molecule has 0 spiro atoms. The predicted molar refractivity (Wildman–Crippen MR) is 78.5 cm³/mol. The van der Waals surface area contributed by atoms with E-state index in [0.29, 0.717) is 0 Å². The molecule has 18 heavy (non-hydrogen) atoms. The largest absolute Gasteiger partial charge is 0.0651 e. The summed E-state index contributed by atoms with van der Waals surface area (Å²) in [7, 11) is 0. The SMILES string of the molecule is CCC1=C(C)Cc2cccc(-c3ccccc3)c21. The van der Waals surface area contributed by atoms with E-state index in [-0.39, 0.29) is 0 Å². The van der Waals surface area contributed by atoms with Crippen molar-refractivity contribution in [1.82, 2.24) is 0 Å². The second-order valence-electron chi connectivity index (χ2n) is 4.99. The van der Waals surface area contributed by atoms with E-state index < -0.39 is 0 Å². The van der Waals surface area contributed by atoms with Gasteiger partial charge in [-0.05, 0) is 47.6 Å². The van der Waals surface area contributed by atoms with Crippen LogP contribution in [0.4, 0.5) is 0 Å². The summed E-state index contributed by atoms with van der Waals surface area (Å²) in [6, 6.07) is 17.4. The second-order valence-corrected chi connectivity index (χ2v) is 4.99. The summed E-state index contributed by atoms with van der Waals surface area (Å²) in [5.74, 6) is 0. The normalized spacial score (nSPS) is 13.9. The summed E-state index contributed by atoms with van der Waals surface area (Å²) in [6.07, 6.45) is 2.25. The van der Waals surface area contributed by atoms with Gasteiger partial charge in [-0.2, -0.15) is 0 Å². The molecule has 0 aliphatic heterocycles. The van der Waals surface area contributed by atoms with Gasteiger partial charge in [0.25, 0.3) is 0 Å². The fraction of sp³-hybridized carbons (Fsp3) is 0.222. The van der Waals surface area contributed by atoms with E-state index in [1.165, 1.54) is 27.8 Å². The highest BCUT2D eigenvalue weighted by atomic mass is 14.2. The van der Waals surface area contributed by atoms with Crippen LogP contribution < -0.4 is 0 Å². The molecule has 0 N–H and O–H groups in total. The van der Waals surface area contributed by atoms with E-state index in [2.05, 4.69) is 62.4 Å². The van der Waals surface area contributed by atoms with Crippen LogP contribution in [0.5, 0.6) is 0 Å².